The predicted molar refractivity (Wildman–Crippen MR) is 45.2 cm³/mol. The molecule has 0 aliphatic carbocycles. The lowest BCUT2D eigenvalue weighted by Crippen LogP contribution is -2.10. The second-order valence-electron chi connectivity index (χ2n) is 2.30. The second-order valence-corrected chi connectivity index (χ2v) is 3.14. The number of rotatable bonds is 2. The Bertz CT molecular complexity index is 309. The van der Waals surface area contributed by atoms with Gasteiger partial charge in [0.1, 0.15) is 0 Å². The van der Waals surface area contributed by atoms with E-state index in [1.807, 2.05) is 0 Å². The maximum absolute atomic E-state index is 12.0. The van der Waals surface area contributed by atoms with Gasteiger partial charge in [0.2, 0.25) is 0 Å². The molecule has 1 atom stereocenters. The molecule has 1 aromatic heterocycles. The van der Waals surface area contributed by atoms with Gasteiger partial charge < -0.3 is 5.11 Å². The largest absolute Gasteiger partial charge is 0.381 e. The van der Waals surface area contributed by atoms with Crippen molar-refractivity contribution in [1.82, 2.24) is 4.98 Å². The number of hydrogen-bond acceptors (Lipinski definition) is 2. The fourth-order valence-corrected chi connectivity index (χ4v) is 1.25. The molecule has 13 heavy (non-hydrogen) atoms. The van der Waals surface area contributed by atoms with E-state index >= 15 is 0 Å². The molecule has 1 aromatic rings. The molecule has 0 aliphatic rings. The Kier molecular flexibility index (Phi) is 3.41. The van der Waals surface area contributed by atoms with Gasteiger partial charge >= 0.3 is 0 Å². The van der Waals surface area contributed by atoms with Crippen LogP contribution in [0.1, 0.15) is 11.8 Å². The van der Waals surface area contributed by atoms with E-state index in [1.165, 1.54) is 6.07 Å². The lowest BCUT2D eigenvalue weighted by molar-refractivity contribution is -0.00814. The standard InChI is InChI=1S/C7H5Cl2F2NO/c8-3-1-4(9)5(12-2-3)6(13)7(10)11/h1-2,6-7,13H. The van der Waals surface area contributed by atoms with Crippen LogP contribution in [0.5, 0.6) is 0 Å². The molecular weight excluding hydrogens is 223 g/mol. The van der Waals surface area contributed by atoms with E-state index in [1.54, 1.807) is 0 Å². The lowest BCUT2D eigenvalue weighted by atomic mass is 10.2. The zero-order valence-corrected chi connectivity index (χ0v) is 7.73. The molecule has 6 heteroatoms. The van der Waals surface area contributed by atoms with Crippen LogP contribution in [0.4, 0.5) is 8.78 Å². The van der Waals surface area contributed by atoms with Crippen LogP contribution in [0.2, 0.25) is 10.0 Å². The van der Waals surface area contributed by atoms with Crippen molar-refractivity contribution in [3.63, 3.8) is 0 Å². The van der Waals surface area contributed by atoms with Gasteiger partial charge in [-0.05, 0) is 6.07 Å². The molecule has 0 saturated carbocycles. The lowest BCUT2D eigenvalue weighted by Gasteiger charge is -2.09. The van der Waals surface area contributed by atoms with Crippen LogP contribution in [0.15, 0.2) is 12.3 Å². The van der Waals surface area contributed by atoms with Crippen molar-refractivity contribution in [3.05, 3.63) is 28.0 Å². The molecule has 1 N–H and O–H groups in total. The fraction of sp³-hybridized carbons (Fsp3) is 0.286. The SMILES string of the molecule is OC(c1ncc(Cl)cc1Cl)C(F)F. The van der Waals surface area contributed by atoms with Crippen molar-refractivity contribution in [3.8, 4) is 0 Å². The first-order valence-electron chi connectivity index (χ1n) is 3.29. The van der Waals surface area contributed by atoms with Crippen molar-refractivity contribution >= 4 is 23.2 Å². The Morgan fingerprint density at radius 1 is 1.38 bits per heavy atom. The normalized spacial score (nSPS) is 13.4. The van der Waals surface area contributed by atoms with Crippen LogP contribution in [0.25, 0.3) is 0 Å². The van der Waals surface area contributed by atoms with Crippen LogP contribution >= 0.6 is 23.2 Å². The highest BCUT2D eigenvalue weighted by Crippen LogP contribution is 2.27. The van der Waals surface area contributed by atoms with Gasteiger partial charge in [-0.2, -0.15) is 0 Å². The summed E-state index contributed by atoms with van der Waals surface area (Å²) in [6.45, 7) is 0. The summed E-state index contributed by atoms with van der Waals surface area (Å²) in [5, 5.41) is 9.09. The van der Waals surface area contributed by atoms with E-state index in [0.29, 0.717) is 0 Å². The Hall–Kier alpha value is -0.450. The van der Waals surface area contributed by atoms with Crippen molar-refractivity contribution in [2.24, 2.45) is 0 Å². The number of hydrogen-bond donors (Lipinski definition) is 1. The van der Waals surface area contributed by atoms with Crippen molar-refractivity contribution < 1.29 is 13.9 Å². The van der Waals surface area contributed by atoms with E-state index < -0.39 is 12.5 Å². The van der Waals surface area contributed by atoms with E-state index in [0.717, 1.165) is 6.20 Å². The predicted octanol–water partition coefficient (Wildman–Crippen LogP) is 2.69. The molecular formula is C7H5Cl2F2NO. The molecule has 1 heterocycles. The molecule has 0 amide bonds. The fourth-order valence-electron chi connectivity index (χ4n) is 0.762. The summed E-state index contributed by atoms with van der Waals surface area (Å²) in [5.41, 5.74) is -0.263. The molecule has 0 saturated heterocycles. The molecule has 0 spiro atoms. The van der Waals surface area contributed by atoms with E-state index in [-0.39, 0.29) is 15.7 Å². The molecule has 0 fully saturated rings. The van der Waals surface area contributed by atoms with Crippen LogP contribution in [-0.4, -0.2) is 16.5 Å². The van der Waals surface area contributed by atoms with Crippen molar-refractivity contribution in [2.75, 3.05) is 0 Å². The van der Waals surface area contributed by atoms with Crippen LogP contribution in [0, 0.1) is 0 Å². The summed E-state index contributed by atoms with van der Waals surface area (Å²) >= 11 is 11.0. The van der Waals surface area contributed by atoms with E-state index in [2.05, 4.69) is 4.98 Å². The second kappa shape index (κ2) is 4.17. The number of pyridine rings is 1. The van der Waals surface area contributed by atoms with Gasteiger partial charge in [-0.15, -0.1) is 0 Å². The maximum atomic E-state index is 12.0. The Morgan fingerprint density at radius 2 is 2.00 bits per heavy atom. The molecule has 72 valence electrons. The molecule has 0 radical (unpaired) electrons. The van der Waals surface area contributed by atoms with Crippen LogP contribution < -0.4 is 0 Å². The third-order valence-corrected chi connectivity index (χ3v) is 1.86. The number of aliphatic hydroxyl groups excluding tert-OH is 1. The highest BCUT2D eigenvalue weighted by Gasteiger charge is 2.23. The first-order valence-corrected chi connectivity index (χ1v) is 4.05. The zero-order valence-electron chi connectivity index (χ0n) is 6.22. The summed E-state index contributed by atoms with van der Waals surface area (Å²) in [7, 11) is 0. The highest BCUT2D eigenvalue weighted by atomic mass is 35.5. The minimum absolute atomic E-state index is 0.0692. The number of aromatic nitrogens is 1. The Morgan fingerprint density at radius 3 is 2.46 bits per heavy atom. The van der Waals surface area contributed by atoms with Gasteiger partial charge in [0.15, 0.2) is 6.10 Å². The Balaban J connectivity index is 3.01. The maximum Gasteiger partial charge on any atom is 0.269 e. The van der Waals surface area contributed by atoms with E-state index in [4.69, 9.17) is 28.3 Å². The van der Waals surface area contributed by atoms with Gasteiger partial charge in [0, 0.05) is 6.20 Å². The topological polar surface area (TPSA) is 33.1 Å². The molecule has 0 bridgehead atoms. The highest BCUT2D eigenvalue weighted by molar-refractivity contribution is 6.34. The first-order chi connectivity index (χ1) is 6.02. The average molecular weight is 228 g/mol. The summed E-state index contributed by atoms with van der Waals surface area (Å²) in [5.74, 6) is 0. The van der Waals surface area contributed by atoms with Gasteiger partial charge in [0.25, 0.3) is 6.43 Å². The van der Waals surface area contributed by atoms with Crippen molar-refractivity contribution in [2.45, 2.75) is 12.5 Å². The van der Waals surface area contributed by atoms with Gasteiger partial charge in [0.05, 0.1) is 15.7 Å². The molecule has 1 rings (SSSR count). The summed E-state index contributed by atoms with van der Waals surface area (Å²) in [6, 6.07) is 1.25. The van der Waals surface area contributed by atoms with Gasteiger partial charge in [-0.25, -0.2) is 8.78 Å². The smallest absolute Gasteiger partial charge is 0.269 e. The first kappa shape index (κ1) is 10.6. The van der Waals surface area contributed by atoms with E-state index in [9.17, 15) is 8.78 Å². The van der Waals surface area contributed by atoms with Crippen LogP contribution in [-0.2, 0) is 0 Å². The summed E-state index contributed by atoms with van der Waals surface area (Å²) < 4.78 is 24.0. The molecule has 0 aliphatic heterocycles. The number of aliphatic hydroxyl groups is 1. The van der Waals surface area contributed by atoms with Crippen LogP contribution in [0.3, 0.4) is 0 Å². The van der Waals surface area contributed by atoms with Crippen molar-refractivity contribution in [1.29, 1.82) is 0 Å². The summed E-state index contributed by atoms with van der Waals surface area (Å²) in [6.07, 6.45) is -3.73. The minimum atomic E-state index is -2.91. The summed E-state index contributed by atoms with van der Waals surface area (Å²) in [4.78, 5) is 3.51. The monoisotopic (exact) mass is 227 g/mol. The molecule has 1 unspecified atom stereocenters. The third kappa shape index (κ3) is 2.49. The number of nitrogens with zero attached hydrogens (tertiary/aromatic N) is 1. The quantitative estimate of drug-likeness (QED) is 0.843. The number of halogens is 4. The van der Waals surface area contributed by atoms with Gasteiger partial charge in [-0.1, -0.05) is 23.2 Å². The zero-order chi connectivity index (χ0) is 10.0. The number of alkyl halides is 2. The molecule has 0 aromatic carbocycles. The minimum Gasteiger partial charge on any atom is -0.381 e. The third-order valence-electron chi connectivity index (χ3n) is 1.36. The average Bonchev–Trinajstić information content (AvgIpc) is 2.03. The van der Waals surface area contributed by atoms with Gasteiger partial charge in [-0.3, -0.25) is 4.98 Å². The Labute approximate surface area is 83.1 Å². The molecule has 2 nitrogen and oxygen atoms in total.